The summed E-state index contributed by atoms with van der Waals surface area (Å²) in [5.41, 5.74) is 2.35. The van der Waals surface area contributed by atoms with E-state index < -0.39 is 6.04 Å². The first kappa shape index (κ1) is 20.1. The van der Waals surface area contributed by atoms with E-state index >= 15 is 0 Å². The third kappa shape index (κ3) is 3.50. The molecule has 2 aromatic carbocycles. The first-order chi connectivity index (χ1) is 16.2. The van der Waals surface area contributed by atoms with Crippen molar-refractivity contribution in [2.75, 3.05) is 23.4 Å². The lowest BCUT2D eigenvalue weighted by Gasteiger charge is -2.30. The first-order valence-corrected chi connectivity index (χ1v) is 11.7. The number of hydrogen-bond acceptors (Lipinski definition) is 5. The maximum Gasteiger partial charge on any atom is 0.253 e. The molecular formula is C25H26N4O4. The van der Waals surface area contributed by atoms with Gasteiger partial charge in [0.05, 0.1) is 17.5 Å². The molecule has 6 rings (SSSR count). The van der Waals surface area contributed by atoms with E-state index in [2.05, 4.69) is 5.32 Å². The van der Waals surface area contributed by atoms with Gasteiger partial charge in [0.15, 0.2) is 11.5 Å². The minimum absolute atomic E-state index is 0.0347. The largest absolute Gasteiger partial charge is 0.486 e. The molecule has 0 saturated heterocycles. The van der Waals surface area contributed by atoms with Gasteiger partial charge in [-0.3, -0.25) is 19.1 Å². The van der Waals surface area contributed by atoms with Crippen LogP contribution in [0.4, 0.5) is 11.6 Å². The van der Waals surface area contributed by atoms with Crippen LogP contribution in [0, 0.1) is 0 Å². The molecule has 170 valence electrons. The summed E-state index contributed by atoms with van der Waals surface area (Å²) in [6, 6.07) is 12.7. The van der Waals surface area contributed by atoms with Gasteiger partial charge in [-0.25, -0.2) is 4.98 Å². The van der Waals surface area contributed by atoms with E-state index in [-0.39, 0.29) is 24.3 Å². The lowest BCUT2D eigenvalue weighted by Crippen LogP contribution is -2.41. The van der Waals surface area contributed by atoms with E-state index in [4.69, 9.17) is 14.5 Å². The lowest BCUT2D eigenvalue weighted by molar-refractivity contribution is -0.125. The third-order valence-corrected chi connectivity index (χ3v) is 6.77. The van der Waals surface area contributed by atoms with Gasteiger partial charge in [0.1, 0.15) is 19.3 Å². The highest BCUT2D eigenvalue weighted by Gasteiger charge is 2.44. The number of aromatic nitrogens is 2. The Balaban J connectivity index is 1.28. The number of hydrogen-bond donors (Lipinski definition) is 1. The van der Waals surface area contributed by atoms with Crippen molar-refractivity contribution in [2.24, 2.45) is 0 Å². The molecule has 0 radical (unpaired) electrons. The van der Waals surface area contributed by atoms with Crippen molar-refractivity contribution in [2.45, 2.75) is 50.6 Å². The van der Waals surface area contributed by atoms with Crippen molar-refractivity contribution in [3.05, 3.63) is 42.5 Å². The van der Waals surface area contributed by atoms with Gasteiger partial charge in [-0.2, -0.15) is 0 Å². The fourth-order valence-electron chi connectivity index (χ4n) is 5.25. The molecule has 3 aromatic rings. The van der Waals surface area contributed by atoms with Gasteiger partial charge >= 0.3 is 0 Å². The van der Waals surface area contributed by atoms with Crippen LogP contribution in [0.15, 0.2) is 42.5 Å². The zero-order chi connectivity index (χ0) is 22.4. The molecule has 2 aliphatic heterocycles. The summed E-state index contributed by atoms with van der Waals surface area (Å²) in [4.78, 5) is 33.3. The van der Waals surface area contributed by atoms with Gasteiger partial charge in [0.2, 0.25) is 11.9 Å². The molecule has 8 heteroatoms. The summed E-state index contributed by atoms with van der Waals surface area (Å²) in [6.45, 7) is 0.996. The average Bonchev–Trinajstić information content (AvgIpc) is 3.33. The van der Waals surface area contributed by atoms with Crippen LogP contribution >= 0.6 is 0 Å². The monoisotopic (exact) mass is 446 g/mol. The number of amides is 2. The summed E-state index contributed by atoms with van der Waals surface area (Å²) in [5, 5.41) is 2.93. The topological polar surface area (TPSA) is 85.7 Å². The molecule has 1 N–H and O–H groups in total. The molecule has 1 fully saturated rings. The zero-order valence-corrected chi connectivity index (χ0v) is 18.3. The third-order valence-electron chi connectivity index (χ3n) is 6.77. The Bertz CT molecular complexity index is 1230. The van der Waals surface area contributed by atoms with Gasteiger partial charge < -0.3 is 14.8 Å². The first-order valence-electron chi connectivity index (χ1n) is 11.7. The summed E-state index contributed by atoms with van der Waals surface area (Å²) >= 11 is 0. The molecule has 1 saturated carbocycles. The van der Waals surface area contributed by atoms with Crippen LogP contribution in [0.3, 0.4) is 0 Å². The van der Waals surface area contributed by atoms with Gasteiger partial charge in [-0.1, -0.05) is 31.4 Å². The zero-order valence-electron chi connectivity index (χ0n) is 18.3. The summed E-state index contributed by atoms with van der Waals surface area (Å²) < 4.78 is 13.1. The Labute approximate surface area is 191 Å². The van der Waals surface area contributed by atoms with Gasteiger partial charge in [-0.15, -0.1) is 0 Å². The molecule has 3 aliphatic rings. The molecule has 0 bridgehead atoms. The Morgan fingerprint density at radius 2 is 1.82 bits per heavy atom. The molecule has 2 amide bonds. The van der Waals surface area contributed by atoms with E-state index in [1.807, 2.05) is 33.7 Å². The van der Waals surface area contributed by atoms with Crippen LogP contribution in [0.2, 0.25) is 0 Å². The number of nitrogens with one attached hydrogen (secondary N) is 1. The van der Waals surface area contributed by atoms with Crippen LogP contribution in [-0.4, -0.2) is 40.6 Å². The number of nitrogens with zero attached hydrogens (tertiary/aromatic N) is 3. The molecular weight excluding hydrogens is 420 g/mol. The van der Waals surface area contributed by atoms with E-state index in [1.165, 1.54) is 6.42 Å². The number of fused-ring (bicyclic) bond motifs is 4. The molecule has 0 spiro atoms. The fraction of sp³-hybridized carbons (Fsp3) is 0.400. The van der Waals surface area contributed by atoms with Crippen molar-refractivity contribution in [1.29, 1.82) is 0 Å². The van der Waals surface area contributed by atoms with Crippen molar-refractivity contribution >= 4 is 34.5 Å². The summed E-state index contributed by atoms with van der Waals surface area (Å²) in [5.74, 6) is 1.70. The minimum Gasteiger partial charge on any atom is -0.486 e. The van der Waals surface area contributed by atoms with Crippen LogP contribution in [0.5, 0.6) is 11.5 Å². The number of carbonyl (C=O) groups excluding carboxylic acids is 2. The standard InChI is InChI=1S/C25H26N4O4/c30-23(26-16-10-11-21-22(14-16)33-13-12-32-21)15-20-24(31)28(17-6-2-1-3-7-17)25-27-18-8-4-5-9-19(18)29(20)25/h4-5,8-11,14,17,20H,1-3,6-7,12-13,15H2,(H,26,30). The predicted molar refractivity (Wildman–Crippen MR) is 124 cm³/mol. The van der Waals surface area contributed by atoms with Crippen LogP contribution < -0.4 is 19.7 Å². The van der Waals surface area contributed by atoms with Crippen molar-refractivity contribution in [3.63, 3.8) is 0 Å². The number of anilines is 2. The fourth-order valence-corrected chi connectivity index (χ4v) is 5.25. The van der Waals surface area contributed by atoms with E-state index in [0.29, 0.717) is 36.3 Å². The highest BCUT2D eigenvalue weighted by atomic mass is 16.6. The number of ether oxygens (including phenoxy) is 2. The number of benzene rings is 2. The second kappa shape index (κ2) is 8.10. The Kier molecular flexibility index (Phi) is 4.93. The molecule has 3 heterocycles. The van der Waals surface area contributed by atoms with Crippen molar-refractivity contribution in [1.82, 2.24) is 9.55 Å². The Morgan fingerprint density at radius 1 is 1.03 bits per heavy atom. The maximum atomic E-state index is 13.6. The van der Waals surface area contributed by atoms with Gasteiger partial charge in [-0.05, 0) is 37.1 Å². The van der Waals surface area contributed by atoms with Gasteiger partial charge in [0.25, 0.3) is 5.91 Å². The quantitative estimate of drug-likeness (QED) is 0.653. The molecule has 1 aromatic heterocycles. The maximum absolute atomic E-state index is 13.6. The minimum atomic E-state index is -0.605. The lowest BCUT2D eigenvalue weighted by atomic mass is 9.94. The van der Waals surface area contributed by atoms with E-state index in [0.717, 1.165) is 36.7 Å². The molecule has 1 aliphatic carbocycles. The number of para-hydroxylation sites is 2. The molecule has 1 unspecified atom stereocenters. The number of imidazole rings is 1. The van der Waals surface area contributed by atoms with Crippen LogP contribution in [-0.2, 0) is 9.59 Å². The molecule has 33 heavy (non-hydrogen) atoms. The van der Waals surface area contributed by atoms with E-state index in [1.54, 1.807) is 18.2 Å². The second-order valence-corrected chi connectivity index (χ2v) is 8.90. The molecule has 8 nitrogen and oxygen atoms in total. The summed E-state index contributed by atoms with van der Waals surface area (Å²) in [7, 11) is 0. The van der Waals surface area contributed by atoms with Crippen molar-refractivity contribution < 1.29 is 19.1 Å². The number of rotatable bonds is 4. The second-order valence-electron chi connectivity index (χ2n) is 8.90. The van der Waals surface area contributed by atoms with Gasteiger partial charge in [0, 0.05) is 17.8 Å². The normalized spacial score (nSPS) is 20.2. The smallest absolute Gasteiger partial charge is 0.253 e. The van der Waals surface area contributed by atoms with Crippen molar-refractivity contribution in [3.8, 4) is 11.5 Å². The summed E-state index contributed by atoms with van der Waals surface area (Å²) in [6.07, 6.45) is 5.43. The highest BCUT2D eigenvalue weighted by Crippen LogP contribution is 2.40. The highest BCUT2D eigenvalue weighted by molar-refractivity contribution is 6.05. The average molecular weight is 447 g/mol. The number of carbonyl (C=O) groups is 2. The Hall–Kier alpha value is -3.55. The van der Waals surface area contributed by atoms with E-state index in [9.17, 15) is 9.59 Å². The molecule has 1 atom stereocenters. The Morgan fingerprint density at radius 3 is 2.67 bits per heavy atom. The SMILES string of the molecule is O=C(CC1C(=O)N(C2CCCCC2)c2nc3ccccc3n21)Nc1ccc2c(c1)OCCO2. The van der Waals surface area contributed by atoms with Crippen LogP contribution in [0.25, 0.3) is 11.0 Å². The predicted octanol–water partition coefficient (Wildman–Crippen LogP) is 4.06. The van der Waals surface area contributed by atoms with Crippen LogP contribution in [0.1, 0.15) is 44.6 Å².